The van der Waals surface area contributed by atoms with Gasteiger partial charge in [0.05, 0.1) is 23.4 Å². The number of para-hydroxylation sites is 2. The van der Waals surface area contributed by atoms with Crippen LogP contribution in [-0.4, -0.2) is 32.1 Å². The molecule has 1 unspecified atom stereocenters. The number of carbonyl (C=O) groups excluding carboxylic acids is 1. The Kier molecular flexibility index (Phi) is 4.39. The Labute approximate surface area is 171 Å². The molecule has 0 saturated carbocycles. The van der Waals surface area contributed by atoms with Crippen LogP contribution in [0.25, 0.3) is 10.9 Å². The van der Waals surface area contributed by atoms with E-state index in [0.29, 0.717) is 41.4 Å². The third-order valence-electron chi connectivity index (χ3n) is 5.38. The lowest BCUT2D eigenvalue weighted by Gasteiger charge is -2.15. The maximum Gasteiger partial charge on any atom is 0.261 e. The molecular weight excluding hydrogens is 382 g/mol. The maximum atomic E-state index is 12.8. The van der Waals surface area contributed by atoms with Gasteiger partial charge in [-0.25, -0.2) is 4.98 Å². The zero-order valence-corrected chi connectivity index (χ0v) is 16.4. The predicted octanol–water partition coefficient (Wildman–Crippen LogP) is 2.66. The number of amides is 1. The van der Waals surface area contributed by atoms with E-state index in [1.807, 2.05) is 48.5 Å². The topological polar surface area (TPSA) is 94.1 Å². The van der Waals surface area contributed by atoms with Crippen molar-refractivity contribution in [2.24, 2.45) is 0 Å². The lowest BCUT2D eigenvalue weighted by atomic mass is 10.1. The molecule has 150 valence electrons. The molecule has 4 aromatic rings. The van der Waals surface area contributed by atoms with E-state index in [1.54, 1.807) is 17.9 Å². The van der Waals surface area contributed by atoms with Crippen molar-refractivity contribution < 1.29 is 9.32 Å². The molecule has 8 nitrogen and oxygen atoms in total. The van der Waals surface area contributed by atoms with Crippen LogP contribution in [0.4, 0.5) is 5.69 Å². The zero-order chi connectivity index (χ0) is 20.7. The van der Waals surface area contributed by atoms with Gasteiger partial charge in [0, 0.05) is 18.7 Å². The van der Waals surface area contributed by atoms with Crippen molar-refractivity contribution in [2.75, 3.05) is 11.4 Å². The molecule has 1 atom stereocenters. The fraction of sp³-hybridized carbons (Fsp3) is 0.227. The Balaban J connectivity index is 1.39. The maximum absolute atomic E-state index is 12.8. The quantitative estimate of drug-likeness (QED) is 0.522. The van der Waals surface area contributed by atoms with E-state index in [4.69, 9.17) is 4.52 Å². The summed E-state index contributed by atoms with van der Waals surface area (Å²) in [6, 6.07) is 16.8. The molecule has 0 radical (unpaired) electrons. The third kappa shape index (κ3) is 3.16. The van der Waals surface area contributed by atoms with Gasteiger partial charge >= 0.3 is 0 Å². The molecule has 2 aromatic heterocycles. The lowest BCUT2D eigenvalue weighted by Crippen LogP contribution is -2.25. The van der Waals surface area contributed by atoms with Crippen LogP contribution in [0.2, 0.25) is 0 Å². The van der Waals surface area contributed by atoms with Gasteiger partial charge in [-0.15, -0.1) is 0 Å². The number of anilines is 1. The number of aryl methyl sites for hydroxylation is 1. The smallest absolute Gasteiger partial charge is 0.261 e. The van der Waals surface area contributed by atoms with Gasteiger partial charge in [0.2, 0.25) is 11.8 Å². The Hall–Kier alpha value is -3.81. The van der Waals surface area contributed by atoms with Crippen molar-refractivity contribution in [2.45, 2.75) is 25.8 Å². The summed E-state index contributed by atoms with van der Waals surface area (Å²) >= 11 is 0. The summed E-state index contributed by atoms with van der Waals surface area (Å²) in [5.41, 5.74) is 1.38. The van der Waals surface area contributed by atoms with Crippen LogP contribution in [0, 0.1) is 6.92 Å². The Morgan fingerprint density at radius 2 is 1.80 bits per heavy atom. The summed E-state index contributed by atoms with van der Waals surface area (Å²) in [5, 5.41) is 4.59. The highest BCUT2D eigenvalue weighted by atomic mass is 16.5. The number of fused-ring (bicyclic) bond motifs is 1. The molecule has 1 amide bonds. The molecule has 1 aliphatic rings. The summed E-state index contributed by atoms with van der Waals surface area (Å²) in [7, 11) is 0. The Morgan fingerprint density at radius 3 is 2.63 bits per heavy atom. The second-order valence-corrected chi connectivity index (χ2v) is 7.36. The van der Waals surface area contributed by atoms with Crippen molar-refractivity contribution in [3.8, 4) is 0 Å². The van der Waals surface area contributed by atoms with Crippen molar-refractivity contribution in [3.63, 3.8) is 0 Å². The average Bonchev–Trinajstić information content (AvgIpc) is 3.38. The number of aromatic nitrogens is 4. The molecule has 3 heterocycles. The molecule has 0 spiro atoms. The van der Waals surface area contributed by atoms with Gasteiger partial charge in [-0.1, -0.05) is 35.5 Å². The largest absolute Gasteiger partial charge is 0.339 e. The summed E-state index contributed by atoms with van der Waals surface area (Å²) in [5.74, 6) is 1.23. The van der Waals surface area contributed by atoms with Crippen LogP contribution in [0.15, 0.2) is 63.9 Å². The van der Waals surface area contributed by atoms with E-state index in [-0.39, 0.29) is 23.9 Å². The molecule has 30 heavy (non-hydrogen) atoms. The standard InChI is InChI=1S/C22H19N5O3/c1-14-23-18-10-6-5-9-17(18)22(29)26(14)13-19-24-21(30-25-19)15-11-20(28)27(12-15)16-7-3-2-4-8-16/h2-10,15H,11-13H2,1H3. The first-order chi connectivity index (χ1) is 14.6. The van der Waals surface area contributed by atoms with Crippen LogP contribution < -0.4 is 10.5 Å². The molecule has 8 heteroatoms. The monoisotopic (exact) mass is 401 g/mol. The number of rotatable bonds is 4. The number of benzene rings is 2. The summed E-state index contributed by atoms with van der Waals surface area (Å²) in [6.07, 6.45) is 0.313. The van der Waals surface area contributed by atoms with Crippen LogP contribution in [0.1, 0.15) is 29.9 Å². The van der Waals surface area contributed by atoms with Crippen molar-refractivity contribution in [3.05, 3.63) is 82.5 Å². The minimum Gasteiger partial charge on any atom is -0.339 e. The number of hydrogen-bond acceptors (Lipinski definition) is 6. The molecule has 1 fully saturated rings. The van der Waals surface area contributed by atoms with E-state index in [1.165, 1.54) is 4.57 Å². The molecule has 0 N–H and O–H groups in total. The van der Waals surface area contributed by atoms with Gasteiger partial charge in [0.1, 0.15) is 5.82 Å². The minimum atomic E-state index is -0.175. The molecule has 0 aliphatic carbocycles. The van der Waals surface area contributed by atoms with E-state index >= 15 is 0 Å². The van der Waals surface area contributed by atoms with Gasteiger partial charge in [-0.2, -0.15) is 4.98 Å². The predicted molar refractivity (Wildman–Crippen MR) is 110 cm³/mol. The lowest BCUT2D eigenvalue weighted by molar-refractivity contribution is -0.117. The fourth-order valence-electron chi connectivity index (χ4n) is 3.83. The van der Waals surface area contributed by atoms with Crippen molar-refractivity contribution >= 4 is 22.5 Å². The normalized spacial score (nSPS) is 16.5. The van der Waals surface area contributed by atoms with E-state index in [2.05, 4.69) is 15.1 Å². The highest BCUT2D eigenvalue weighted by Gasteiger charge is 2.35. The zero-order valence-electron chi connectivity index (χ0n) is 16.4. The summed E-state index contributed by atoms with van der Waals surface area (Å²) in [6.45, 7) is 2.43. The molecule has 0 bridgehead atoms. The van der Waals surface area contributed by atoms with Crippen LogP contribution in [0.3, 0.4) is 0 Å². The highest BCUT2D eigenvalue weighted by Crippen LogP contribution is 2.30. The van der Waals surface area contributed by atoms with Gasteiger partial charge in [-0.3, -0.25) is 14.2 Å². The van der Waals surface area contributed by atoms with Gasteiger partial charge in [0.15, 0.2) is 5.82 Å². The van der Waals surface area contributed by atoms with E-state index < -0.39 is 0 Å². The second-order valence-electron chi connectivity index (χ2n) is 7.36. The van der Waals surface area contributed by atoms with E-state index in [0.717, 1.165) is 5.69 Å². The highest BCUT2D eigenvalue weighted by molar-refractivity contribution is 5.96. The first kappa shape index (κ1) is 18.2. The Bertz CT molecular complexity index is 1300. The molecule has 2 aromatic carbocycles. The van der Waals surface area contributed by atoms with Crippen LogP contribution >= 0.6 is 0 Å². The van der Waals surface area contributed by atoms with Gasteiger partial charge in [0.25, 0.3) is 5.56 Å². The van der Waals surface area contributed by atoms with Crippen LogP contribution in [0.5, 0.6) is 0 Å². The second kappa shape index (κ2) is 7.22. The molecule has 1 aliphatic heterocycles. The first-order valence-corrected chi connectivity index (χ1v) is 9.74. The minimum absolute atomic E-state index is 0.0248. The first-order valence-electron chi connectivity index (χ1n) is 9.74. The summed E-state index contributed by atoms with van der Waals surface area (Å²) < 4.78 is 6.98. The van der Waals surface area contributed by atoms with Crippen molar-refractivity contribution in [1.29, 1.82) is 0 Å². The van der Waals surface area contributed by atoms with Gasteiger partial charge in [-0.05, 0) is 31.2 Å². The SMILES string of the molecule is Cc1nc2ccccc2c(=O)n1Cc1noc(C2CC(=O)N(c3ccccc3)C2)n1. The van der Waals surface area contributed by atoms with Crippen molar-refractivity contribution in [1.82, 2.24) is 19.7 Å². The van der Waals surface area contributed by atoms with Gasteiger partial charge < -0.3 is 9.42 Å². The van der Waals surface area contributed by atoms with E-state index in [9.17, 15) is 9.59 Å². The molecule has 5 rings (SSSR count). The number of carbonyl (C=O) groups is 1. The third-order valence-corrected chi connectivity index (χ3v) is 5.38. The Morgan fingerprint density at radius 1 is 1.03 bits per heavy atom. The fourth-order valence-corrected chi connectivity index (χ4v) is 3.83. The number of hydrogen-bond donors (Lipinski definition) is 0. The van der Waals surface area contributed by atoms with Crippen LogP contribution in [-0.2, 0) is 11.3 Å². The average molecular weight is 401 g/mol. The molecule has 1 saturated heterocycles. The molecular formula is C22H19N5O3. The number of nitrogens with zero attached hydrogens (tertiary/aromatic N) is 5. The summed E-state index contributed by atoms with van der Waals surface area (Å²) in [4.78, 5) is 36.0.